The van der Waals surface area contributed by atoms with Gasteiger partial charge in [0.1, 0.15) is 0 Å². The molecule has 0 unspecified atom stereocenters. The molecule has 0 spiro atoms. The zero-order valence-corrected chi connectivity index (χ0v) is 9.98. The van der Waals surface area contributed by atoms with Crippen LogP contribution in [0.3, 0.4) is 0 Å². The van der Waals surface area contributed by atoms with Crippen molar-refractivity contribution in [2.45, 2.75) is 38.6 Å². The van der Waals surface area contributed by atoms with Crippen LogP contribution in [-0.4, -0.2) is 18.2 Å². The number of nitrogens with two attached hydrogens (primary N) is 1. The van der Waals surface area contributed by atoms with Crippen LogP contribution >= 0.6 is 11.3 Å². The minimum absolute atomic E-state index is 0.606. The van der Waals surface area contributed by atoms with Crippen molar-refractivity contribution < 1.29 is 4.74 Å². The van der Waals surface area contributed by atoms with Gasteiger partial charge in [-0.2, -0.15) is 0 Å². The Labute approximate surface area is 94.7 Å². The monoisotopic (exact) mass is 226 g/mol. The molecule has 0 aromatic carbocycles. The predicted molar refractivity (Wildman–Crippen MR) is 62.2 cm³/mol. The molecule has 3 nitrogen and oxygen atoms in total. The van der Waals surface area contributed by atoms with Gasteiger partial charge in [-0.05, 0) is 19.3 Å². The summed E-state index contributed by atoms with van der Waals surface area (Å²) in [6.07, 6.45) is 3.22. The molecule has 1 aromatic heterocycles. The zero-order chi connectivity index (χ0) is 10.7. The lowest BCUT2D eigenvalue weighted by molar-refractivity contribution is 0.0852. The Kier molecular flexibility index (Phi) is 3.72. The minimum Gasteiger partial charge on any atom is -0.381 e. The number of nitrogens with zero attached hydrogens (tertiary/aromatic N) is 1. The van der Waals surface area contributed by atoms with Crippen molar-refractivity contribution in [2.75, 3.05) is 13.2 Å². The molecule has 2 rings (SSSR count). The summed E-state index contributed by atoms with van der Waals surface area (Å²) in [6, 6.07) is 0. The normalized spacial score (nSPS) is 18.3. The average Bonchev–Trinajstić information content (AvgIpc) is 2.73. The topological polar surface area (TPSA) is 48.1 Å². The van der Waals surface area contributed by atoms with Crippen LogP contribution in [0, 0.1) is 0 Å². The third-order valence-corrected chi connectivity index (χ3v) is 4.17. The van der Waals surface area contributed by atoms with Crippen LogP contribution in [0.15, 0.2) is 0 Å². The Balaban J connectivity index is 2.16. The predicted octanol–water partition coefficient (Wildman–Crippen LogP) is 2.06. The number of rotatable bonds is 3. The minimum atomic E-state index is 0.606. The SMILES string of the molecule is CCc1nc(C2CCOCC2)sc1CN. The van der Waals surface area contributed by atoms with Crippen molar-refractivity contribution in [3.63, 3.8) is 0 Å². The van der Waals surface area contributed by atoms with Gasteiger partial charge in [-0.25, -0.2) is 4.98 Å². The van der Waals surface area contributed by atoms with E-state index in [1.807, 2.05) is 0 Å². The first kappa shape index (κ1) is 11.0. The molecule has 0 bridgehead atoms. The summed E-state index contributed by atoms with van der Waals surface area (Å²) in [5, 5.41) is 1.27. The number of aryl methyl sites for hydroxylation is 1. The van der Waals surface area contributed by atoms with Crippen molar-refractivity contribution in [3.05, 3.63) is 15.6 Å². The standard InChI is InChI=1S/C11H18N2OS/c1-2-9-10(7-12)15-11(13-9)8-3-5-14-6-4-8/h8H,2-7,12H2,1H3. The fourth-order valence-corrected chi connectivity index (χ4v) is 3.16. The summed E-state index contributed by atoms with van der Waals surface area (Å²) in [5.74, 6) is 0.606. The van der Waals surface area contributed by atoms with Gasteiger partial charge in [-0.1, -0.05) is 6.92 Å². The lowest BCUT2D eigenvalue weighted by Gasteiger charge is -2.19. The molecule has 0 atom stereocenters. The fourth-order valence-electron chi connectivity index (χ4n) is 1.96. The van der Waals surface area contributed by atoms with Crippen LogP contribution in [0.1, 0.15) is 41.3 Å². The molecule has 15 heavy (non-hydrogen) atoms. The van der Waals surface area contributed by atoms with E-state index in [0.717, 1.165) is 32.5 Å². The Morgan fingerprint density at radius 1 is 1.47 bits per heavy atom. The van der Waals surface area contributed by atoms with Crippen LogP contribution < -0.4 is 5.73 Å². The van der Waals surface area contributed by atoms with Gasteiger partial charge >= 0.3 is 0 Å². The number of aromatic nitrogens is 1. The van der Waals surface area contributed by atoms with Crippen molar-refractivity contribution in [1.29, 1.82) is 0 Å². The lowest BCUT2D eigenvalue weighted by atomic mass is 10.0. The molecule has 4 heteroatoms. The van der Waals surface area contributed by atoms with Crippen LogP contribution in [0.4, 0.5) is 0 Å². The highest BCUT2D eigenvalue weighted by Crippen LogP contribution is 2.31. The Morgan fingerprint density at radius 3 is 2.73 bits per heavy atom. The molecule has 1 aliphatic heterocycles. The molecule has 1 fully saturated rings. The fraction of sp³-hybridized carbons (Fsp3) is 0.727. The highest BCUT2D eigenvalue weighted by molar-refractivity contribution is 7.11. The van der Waals surface area contributed by atoms with E-state index in [4.69, 9.17) is 15.5 Å². The van der Waals surface area contributed by atoms with Crippen molar-refractivity contribution in [1.82, 2.24) is 4.98 Å². The van der Waals surface area contributed by atoms with E-state index in [-0.39, 0.29) is 0 Å². The highest BCUT2D eigenvalue weighted by atomic mass is 32.1. The zero-order valence-electron chi connectivity index (χ0n) is 9.16. The van der Waals surface area contributed by atoms with Crippen LogP contribution in [0.2, 0.25) is 0 Å². The van der Waals surface area contributed by atoms with Gasteiger partial charge < -0.3 is 10.5 Å². The maximum Gasteiger partial charge on any atom is 0.0964 e. The van der Waals surface area contributed by atoms with Crippen LogP contribution in [0.5, 0.6) is 0 Å². The molecule has 1 saturated heterocycles. The molecule has 0 saturated carbocycles. The van der Waals surface area contributed by atoms with Crippen molar-refractivity contribution in [2.24, 2.45) is 5.73 Å². The van der Waals surface area contributed by atoms with E-state index in [1.165, 1.54) is 15.6 Å². The second kappa shape index (κ2) is 5.05. The molecule has 1 aromatic rings. The maximum atomic E-state index is 5.71. The maximum absolute atomic E-state index is 5.71. The molecule has 2 heterocycles. The first-order valence-electron chi connectivity index (χ1n) is 5.61. The Morgan fingerprint density at radius 2 is 2.20 bits per heavy atom. The average molecular weight is 226 g/mol. The second-order valence-corrected chi connectivity index (χ2v) is 4.98. The molecule has 0 aliphatic carbocycles. The molecular weight excluding hydrogens is 208 g/mol. The van der Waals surface area contributed by atoms with Crippen molar-refractivity contribution in [3.8, 4) is 0 Å². The number of hydrogen-bond acceptors (Lipinski definition) is 4. The van der Waals surface area contributed by atoms with Crippen molar-refractivity contribution >= 4 is 11.3 Å². The lowest BCUT2D eigenvalue weighted by Crippen LogP contribution is -2.13. The van der Waals surface area contributed by atoms with Gasteiger partial charge in [0.05, 0.1) is 10.7 Å². The molecule has 2 N–H and O–H groups in total. The molecule has 0 amide bonds. The molecule has 0 radical (unpaired) electrons. The number of ether oxygens (including phenoxy) is 1. The summed E-state index contributed by atoms with van der Waals surface area (Å²) < 4.78 is 5.36. The summed E-state index contributed by atoms with van der Waals surface area (Å²) in [6.45, 7) is 4.53. The third kappa shape index (κ3) is 2.38. The van der Waals surface area contributed by atoms with E-state index in [0.29, 0.717) is 12.5 Å². The van der Waals surface area contributed by atoms with Gasteiger partial charge in [0.15, 0.2) is 0 Å². The second-order valence-electron chi connectivity index (χ2n) is 3.87. The number of thiazole rings is 1. The van der Waals surface area contributed by atoms with Crippen LogP contribution in [0.25, 0.3) is 0 Å². The largest absolute Gasteiger partial charge is 0.381 e. The summed E-state index contributed by atoms with van der Waals surface area (Å²) >= 11 is 1.80. The van der Waals surface area contributed by atoms with Gasteiger partial charge in [-0.3, -0.25) is 0 Å². The first-order valence-corrected chi connectivity index (χ1v) is 6.43. The summed E-state index contributed by atoms with van der Waals surface area (Å²) in [4.78, 5) is 5.97. The number of hydrogen-bond donors (Lipinski definition) is 1. The van der Waals surface area contributed by atoms with Gasteiger partial charge in [-0.15, -0.1) is 11.3 Å². The van der Waals surface area contributed by atoms with E-state index in [1.54, 1.807) is 11.3 Å². The smallest absolute Gasteiger partial charge is 0.0964 e. The Hall–Kier alpha value is -0.450. The quantitative estimate of drug-likeness (QED) is 0.858. The summed E-state index contributed by atoms with van der Waals surface area (Å²) in [5.41, 5.74) is 6.91. The third-order valence-electron chi connectivity index (χ3n) is 2.89. The van der Waals surface area contributed by atoms with E-state index < -0.39 is 0 Å². The van der Waals surface area contributed by atoms with Gasteiger partial charge in [0, 0.05) is 30.6 Å². The van der Waals surface area contributed by atoms with E-state index in [2.05, 4.69) is 6.92 Å². The Bertz CT molecular complexity index is 297. The summed E-state index contributed by atoms with van der Waals surface area (Å²) in [7, 11) is 0. The van der Waals surface area contributed by atoms with Gasteiger partial charge in [0.25, 0.3) is 0 Å². The molecule has 84 valence electrons. The van der Waals surface area contributed by atoms with E-state index in [9.17, 15) is 0 Å². The first-order chi connectivity index (χ1) is 7.35. The highest BCUT2D eigenvalue weighted by Gasteiger charge is 2.20. The molecule has 1 aliphatic rings. The van der Waals surface area contributed by atoms with Crippen LogP contribution in [-0.2, 0) is 17.7 Å². The van der Waals surface area contributed by atoms with Gasteiger partial charge in [0.2, 0.25) is 0 Å². The molecular formula is C11H18N2OS. The van der Waals surface area contributed by atoms with E-state index >= 15 is 0 Å².